The number of pyridine rings is 1. The van der Waals surface area contributed by atoms with E-state index in [1.165, 1.54) is 25.7 Å². The van der Waals surface area contributed by atoms with E-state index in [1.54, 1.807) is 25.4 Å². The van der Waals surface area contributed by atoms with E-state index in [-0.39, 0.29) is 11.0 Å². The minimum Gasteiger partial charge on any atom is -0.397 e. The highest BCUT2D eigenvalue weighted by atomic mass is 16.1. The molecule has 2 aliphatic rings. The van der Waals surface area contributed by atoms with E-state index in [9.17, 15) is 4.79 Å². The molecule has 0 bridgehead atoms. The summed E-state index contributed by atoms with van der Waals surface area (Å²) in [6.07, 6.45) is 10.4. The number of aromatic nitrogens is 1. The maximum atomic E-state index is 12.7. The lowest BCUT2D eigenvalue weighted by atomic mass is 9.91. The van der Waals surface area contributed by atoms with Gasteiger partial charge >= 0.3 is 0 Å². The van der Waals surface area contributed by atoms with Crippen molar-refractivity contribution in [2.24, 2.45) is 17.8 Å². The van der Waals surface area contributed by atoms with Crippen LogP contribution in [0.4, 0.5) is 0 Å². The van der Waals surface area contributed by atoms with E-state index in [4.69, 9.17) is 5.73 Å². The van der Waals surface area contributed by atoms with Gasteiger partial charge in [-0.25, -0.2) is 0 Å². The van der Waals surface area contributed by atoms with E-state index in [0.29, 0.717) is 5.70 Å². The van der Waals surface area contributed by atoms with Gasteiger partial charge < -0.3 is 15.2 Å². The number of aliphatic imine (C=N–C) groups is 1. The molecule has 142 valence electrons. The molecule has 0 amide bonds. The molecule has 1 saturated heterocycles. The van der Waals surface area contributed by atoms with Crippen molar-refractivity contribution in [3.8, 4) is 0 Å². The molecule has 1 spiro atoms. The Hall–Kier alpha value is -1.92. The van der Waals surface area contributed by atoms with Crippen molar-refractivity contribution in [2.45, 2.75) is 37.8 Å². The van der Waals surface area contributed by atoms with Crippen molar-refractivity contribution < 1.29 is 0 Å². The van der Waals surface area contributed by atoms with Gasteiger partial charge in [-0.1, -0.05) is 12.8 Å². The highest BCUT2D eigenvalue weighted by molar-refractivity contribution is 5.82. The normalized spacial score (nSPS) is 21.9. The number of piperazine rings is 1. The van der Waals surface area contributed by atoms with Crippen LogP contribution >= 0.6 is 0 Å². The number of likely N-dealkylation sites (N-methyl/N-ethyl adjacent to an activating group) is 1. The third kappa shape index (κ3) is 3.76. The van der Waals surface area contributed by atoms with Crippen molar-refractivity contribution in [1.29, 1.82) is 0 Å². The highest BCUT2D eigenvalue weighted by Gasteiger charge is 2.42. The van der Waals surface area contributed by atoms with Crippen LogP contribution in [0.3, 0.4) is 0 Å². The fraction of sp³-hybridized carbons (Fsp3) is 0.600. The molecule has 0 unspecified atom stereocenters. The van der Waals surface area contributed by atoms with Crippen LogP contribution in [0.1, 0.15) is 36.9 Å². The van der Waals surface area contributed by atoms with Crippen molar-refractivity contribution in [3.05, 3.63) is 39.8 Å². The van der Waals surface area contributed by atoms with Gasteiger partial charge in [0.1, 0.15) is 0 Å². The van der Waals surface area contributed by atoms with E-state index in [2.05, 4.69) is 21.8 Å². The number of aryl methyl sites for hydroxylation is 1. The Balaban J connectivity index is 1.86. The average molecular weight is 358 g/mol. The molecular weight excluding hydrogens is 326 g/mol. The van der Waals surface area contributed by atoms with E-state index >= 15 is 0 Å². The Morgan fingerprint density at radius 1 is 1.31 bits per heavy atom. The third-order valence-corrected chi connectivity index (χ3v) is 5.89. The van der Waals surface area contributed by atoms with Crippen LogP contribution in [0, 0.1) is 0 Å². The van der Waals surface area contributed by atoms with Crippen LogP contribution in [-0.2, 0) is 13.6 Å². The molecule has 2 heterocycles. The Morgan fingerprint density at radius 3 is 2.73 bits per heavy atom. The third-order valence-electron chi connectivity index (χ3n) is 5.89. The zero-order valence-electron chi connectivity index (χ0n) is 16.2. The number of allylic oxidation sites excluding steroid dienone is 1. The molecule has 0 radical (unpaired) electrons. The minimum absolute atomic E-state index is 0.0648. The van der Waals surface area contributed by atoms with Crippen LogP contribution in [-0.4, -0.2) is 59.9 Å². The van der Waals surface area contributed by atoms with Gasteiger partial charge in [0.05, 0.1) is 11.4 Å². The first kappa shape index (κ1) is 18.9. The molecule has 6 nitrogen and oxygen atoms in total. The number of hydrogen-bond donors (Lipinski definition) is 1. The smallest absolute Gasteiger partial charge is 0.186 e. The number of rotatable bonds is 4. The molecule has 26 heavy (non-hydrogen) atoms. The van der Waals surface area contributed by atoms with Crippen LogP contribution in [0.25, 0.3) is 5.70 Å². The van der Waals surface area contributed by atoms with Crippen molar-refractivity contribution >= 4 is 11.9 Å². The van der Waals surface area contributed by atoms with Crippen LogP contribution in [0.5, 0.6) is 0 Å². The lowest BCUT2D eigenvalue weighted by Crippen LogP contribution is -2.59. The lowest BCUT2D eigenvalue weighted by Gasteiger charge is -2.48. The summed E-state index contributed by atoms with van der Waals surface area (Å²) >= 11 is 0. The zero-order chi connectivity index (χ0) is 18.7. The first-order valence-electron chi connectivity index (χ1n) is 9.47. The van der Waals surface area contributed by atoms with Crippen LogP contribution in [0.2, 0.25) is 0 Å². The second-order valence-electron chi connectivity index (χ2n) is 7.78. The summed E-state index contributed by atoms with van der Waals surface area (Å²) in [6, 6.07) is 1.65. The molecule has 2 N–H and O–H groups in total. The summed E-state index contributed by atoms with van der Waals surface area (Å²) in [7, 11) is 5.85. The van der Waals surface area contributed by atoms with E-state index in [1.807, 2.05) is 17.8 Å². The van der Waals surface area contributed by atoms with Gasteiger partial charge in [0.15, 0.2) is 5.43 Å². The van der Waals surface area contributed by atoms with Gasteiger partial charge in [0.2, 0.25) is 0 Å². The minimum atomic E-state index is 0.0648. The molecule has 2 fully saturated rings. The molecule has 1 aromatic heterocycles. The van der Waals surface area contributed by atoms with Gasteiger partial charge in [0, 0.05) is 69.9 Å². The molecule has 1 aliphatic heterocycles. The molecule has 0 atom stereocenters. The fourth-order valence-corrected chi connectivity index (χ4v) is 4.50. The summed E-state index contributed by atoms with van der Waals surface area (Å²) in [4.78, 5) is 21.6. The Labute approximate surface area is 156 Å². The number of nitrogens with zero attached hydrogens (tertiary/aromatic N) is 4. The summed E-state index contributed by atoms with van der Waals surface area (Å²) in [5.74, 6) is 0. The summed E-state index contributed by atoms with van der Waals surface area (Å²) in [5.41, 5.74) is 8.53. The van der Waals surface area contributed by atoms with Gasteiger partial charge in [-0.15, -0.1) is 0 Å². The first-order valence-corrected chi connectivity index (χ1v) is 9.47. The first-order chi connectivity index (χ1) is 12.4. The van der Waals surface area contributed by atoms with Crippen molar-refractivity contribution in [1.82, 2.24) is 14.4 Å². The molecule has 3 rings (SSSR count). The highest BCUT2D eigenvalue weighted by Crippen LogP contribution is 2.38. The van der Waals surface area contributed by atoms with Crippen LogP contribution in [0.15, 0.2) is 28.1 Å². The molecule has 0 aromatic carbocycles. The van der Waals surface area contributed by atoms with Gasteiger partial charge in [-0.3, -0.25) is 14.7 Å². The van der Waals surface area contributed by atoms with E-state index < -0.39 is 0 Å². The van der Waals surface area contributed by atoms with Crippen molar-refractivity contribution in [3.63, 3.8) is 0 Å². The molecule has 1 aliphatic carbocycles. The molecule has 1 aromatic rings. The number of nitrogens with two attached hydrogens (primary N) is 1. The van der Waals surface area contributed by atoms with Gasteiger partial charge in [0.25, 0.3) is 0 Å². The monoisotopic (exact) mass is 357 g/mol. The van der Waals surface area contributed by atoms with Crippen LogP contribution < -0.4 is 11.2 Å². The lowest BCUT2D eigenvalue weighted by molar-refractivity contribution is 0.00433. The molecular formula is C20H31N5O. The SMILES string of the molecule is CN=C/C=C(\N)c1cc(=O)c(CN2CCN(C)CC23CCCC3)cn1C. The average Bonchev–Trinajstić information content (AvgIpc) is 3.06. The second kappa shape index (κ2) is 7.76. The van der Waals surface area contributed by atoms with Gasteiger partial charge in [-0.05, 0) is 26.0 Å². The van der Waals surface area contributed by atoms with E-state index in [0.717, 1.165) is 37.4 Å². The summed E-state index contributed by atoms with van der Waals surface area (Å²) in [6.45, 7) is 3.92. The number of hydrogen-bond acceptors (Lipinski definition) is 5. The quantitative estimate of drug-likeness (QED) is 0.828. The summed E-state index contributed by atoms with van der Waals surface area (Å²) in [5, 5.41) is 0. The topological polar surface area (TPSA) is 66.9 Å². The Bertz CT molecular complexity index is 758. The van der Waals surface area contributed by atoms with Gasteiger partial charge in [-0.2, -0.15) is 0 Å². The molecule has 6 heteroatoms. The standard InChI is InChI=1S/C20H31N5O/c1-22-9-6-17(21)18-12-19(26)16(13-24(18)3)14-25-11-10-23(2)15-20(25)7-4-5-8-20/h6,9,12-13H,4-5,7-8,10-11,14-15,21H2,1-3H3/b17-6-,22-9?. The predicted octanol–water partition coefficient (Wildman–Crippen LogP) is 1.45. The fourth-order valence-electron chi connectivity index (χ4n) is 4.50. The predicted molar refractivity (Wildman–Crippen MR) is 107 cm³/mol. The zero-order valence-corrected chi connectivity index (χ0v) is 16.2. The maximum absolute atomic E-state index is 12.7. The largest absolute Gasteiger partial charge is 0.397 e. The Morgan fingerprint density at radius 2 is 2.04 bits per heavy atom. The maximum Gasteiger partial charge on any atom is 0.186 e. The van der Waals surface area contributed by atoms with Crippen molar-refractivity contribution in [2.75, 3.05) is 33.7 Å². The molecule has 1 saturated carbocycles. The summed E-state index contributed by atoms with van der Waals surface area (Å²) < 4.78 is 1.95. The second-order valence-corrected chi connectivity index (χ2v) is 7.78. The Kier molecular flexibility index (Phi) is 5.63.